The van der Waals surface area contributed by atoms with Crippen LogP contribution in [0.4, 0.5) is 0 Å². The van der Waals surface area contributed by atoms with E-state index in [1.807, 2.05) is 0 Å². The summed E-state index contributed by atoms with van der Waals surface area (Å²) in [5.74, 6) is 0.222. The summed E-state index contributed by atoms with van der Waals surface area (Å²) in [5, 5.41) is 9.93. The molecule has 1 aromatic carbocycles. The number of hydrogen-bond acceptors (Lipinski definition) is 3. The van der Waals surface area contributed by atoms with Crippen molar-refractivity contribution < 1.29 is 14.6 Å². The third-order valence-electron chi connectivity index (χ3n) is 3.54. The standard InChI is InChI=1S/C14H17Cl2NO3/c1-20-13-11(16)5-4-10(15)12(13)14(19)17-6-2-3-9(7-17)8-18/h4-5,9,18H,2-3,6-8H2,1H3. The van der Waals surface area contributed by atoms with Gasteiger partial charge in [-0.15, -0.1) is 0 Å². The molecule has 0 bridgehead atoms. The molecule has 1 amide bonds. The number of benzene rings is 1. The second-order valence-electron chi connectivity index (χ2n) is 4.88. The van der Waals surface area contributed by atoms with E-state index in [1.165, 1.54) is 7.11 Å². The number of carbonyl (C=O) groups excluding carboxylic acids is 1. The van der Waals surface area contributed by atoms with E-state index in [1.54, 1.807) is 17.0 Å². The number of hydrogen-bond donors (Lipinski definition) is 1. The Morgan fingerprint density at radius 1 is 1.45 bits per heavy atom. The van der Waals surface area contributed by atoms with Crippen LogP contribution in [0.5, 0.6) is 5.75 Å². The SMILES string of the molecule is COc1c(Cl)ccc(Cl)c1C(=O)N1CCCC(CO)C1. The van der Waals surface area contributed by atoms with Crippen molar-refractivity contribution in [1.29, 1.82) is 0 Å². The lowest BCUT2D eigenvalue weighted by atomic mass is 9.98. The second-order valence-corrected chi connectivity index (χ2v) is 5.69. The molecule has 0 spiro atoms. The fourth-order valence-corrected chi connectivity index (χ4v) is 2.95. The average molecular weight is 318 g/mol. The fourth-order valence-electron chi connectivity index (χ4n) is 2.49. The number of amides is 1. The Hall–Kier alpha value is -0.970. The van der Waals surface area contributed by atoms with Crippen molar-refractivity contribution in [1.82, 2.24) is 4.90 Å². The Bertz CT molecular complexity index is 507. The van der Waals surface area contributed by atoms with Crippen LogP contribution < -0.4 is 4.74 Å². The molecule has 1 fully saturated rings. The third kappa shape index (κ3) is 3.03. The maximum absolute atomic E-state index is 12.6. The number of piperidine rings is 1. The van der Waals surface area contributed by atoms with Crippen molar-refractivity contribution >= 4 is 29.1 Å². The molecular weight excluding hydrogens is 301 g/mol. The monoisotopic (exact) mass is 317 g/mol. The number of ether oxygens (including phenoxy) is 1. The summed E-state index contributed by atoms with van der Waals surface area (Å²) in [5.41, 5.74) is 0.292. The molecule has 0 radical (unpaired) electrons. The van der Waals surface area contributed by atoms with Crippen molar-refractivity contribution in [3.63, 3.8) is 0 Å². The van der Waals surface area contributed by atoms with Crippen LogP contribution >= 0.6 is 23.2 Å². The van der Waals surface area contributed by atoms with Gasteiger partial charge in [-0.1, -0.05) is 23.2 Å². The molecule has 110 valence electrons. The number of halogens is 2. The number of rotatable bonds is 3. The summed E-state index contributed by atoms with van der Waals surface area (Å²) in [4.78, 5) is 14.3. The van der Waals surface area contributed by atoms with E-state index in [2.05, 4.69) is 0 Å². The normalized spacial score (nSPS) is 19.0. The van der Waals surface area contributed by atoms with E-state index in [0.29, 0.717) is 34.4 Å². The smallest absolute Gasteiger partial charge is 0.259 e. The summed E-state index contributed by atoms with van der Waals surface area (Å²) in [6, 6.07) is 3.19. The van der Waals surface area contributed by atoms with Crippen molar-refractivity contribution in [3.05, 3.63) is 27.7 Å². The van der Waals surface area contributed by atoms with Gasteiger partial charge in [0.25, 0.3) is 5.91 Å². The minimum atomic E-state index is -0.201. The minimum Gasteiger partial charge on any atom is -0.494 e. The van der Waals surface area contributed by atoms with Gasteiger partial charge in [-0.25, -0.2) is 0 Å². The van der Waals surface area contributed by atoms with Gasteiger partial charge in [-0.05, 0) is 30.9 Å². The topological polar surface area (TPSA) is 49.8 Å². The molecule has 1 aliphatic heterocycles. The zero-order valence-corrected chi connectivity index (χ0v) is 12.7. The van der Waals surface area contributed by atoms with Gasteiger partial charge in [-0.2, -0.15) is 0 Å². The van der Waals surface area contributed by atoms with Gasteiger partial charge < -0.3 is 14.7 Å². The highest BCUT2D eigenvalue weighted by Gasteiger charge is 2.28. The minimum absolute atomic E-state index is 0.0875. The van der Waals surface area contributed by atoms with Crippen LogP contribution in [-0.2, 0) is 0 Å². The number of aliphatic hydroxyl groups is 1. The fraction of sp³-hybridized carbons (Fsp3) is 0.500. The maximum Gasteiger partial charge on any atom is 0.259 e. The number of likely N-dealkylation sites (tertiary alicyclic amines) is 1. The molecule has 4 nitrogen and oxygen atoms in total. The molecule has 0 aromatic heterocycles. The average Bonchev–Trinajstić information content (AvgIpc) is 2.48. The quantitative estimate of drug-likeness (QED) is 0.932. The van der Waals surface area contributed by atoms with Crippen LogP contribution in [0.25, 0.3) is 0 Å². The molecule has 1 unspecified atom stereocenters. The van der Waals surface area contributed by atoms with Gasteiger partial charge in [0.05, 0.1) is 17.2 Å². The number of aliphatic hydroxyl groups excluding tert-OH is 1. The lowest BCUT2D eigenvalue weighted by Gasteiger charge is -2.32. The van der Waals surface area contributed by atoms with Gasteiger partial charge in [0.15, 0.2) is 5.75 Å². The van der Waals surface area contributed by atoms with Crippen LogP contribution in [0.3, 0.4) is 0 Å². The second kappa shape index (κ2) is 6.66. The molecule has 0 saturated carbocycles. The predicted octanol–water partition coefficient (Wildman–Crippen LogP) is 2.85. The first-order valence-corrected chi connectivity index (χ1v) is 7.26. The van der Waals surface area contributed by atoms with Crippen LogP contribution in [0.2, 0.25) is 10.0 Å². The lowest BCUT2D eigenvalue weighted by molar-refractivity contribution is 0.0618. The van der Waals surface area contributed by atoms with Gasteiger partial charge in [0, 0.05) is 19.7 Å². The molecule has 1 saturated heterocycles. The molecular formula is C14H17Cl2NO3. The van der Waals surface area contributed by atoms with E-state index in [-0.39, 0.29) is 18.4 Å². The Balaban J connectivity index is 2.31. The van der Waals surface area contributed by atoms with Crippen LogP contribution in [0, 0.1) is 5.92 Å². The summed E-state index contributed by atoms with van der Waals surface area (Å²) < 4.78 is 5.21. The van der Waals surface area contributed by atoms with E-state index >= 15 is 0 Å². The third-order valence-corrected chi connectivity index (χ3v) is 4.15. The highest BCUT2D eigenvalue weighted by Crippen LogP contribution is 2.35. The van der Waals surface area contributed by atoms with Crippen molar-refractivity contribution in [2.75, 3.05) is 26.8 Å². The van der Waals surface area contributed by atoms with Gasteiger partial charge in [0.1, 0.15) is 5.56 Å². The zero-order valence-electron chi connectivity index (χ0n) is 11.2. The zero-order chi connectivity index (χ0) is 14.7. The molecule has 1 N–H and O–H groups in total. The van der Waals surface area contributed by atoms with Crippen LogP contribution in [0.15, 0.2) is 12.1 Å². The van der Waals surface area contributed by atoms with Crippen molar-refractivity contribution in [2.24, 2.45) is 5.92 Å². The van der Waals surface area contributed by atoms with E-state index in [9.17, 15) is 9.90 Å². The van der Waals surface area contributed by atoms with Gasteiger partial charge in [0.2, 0.25) is 0 Å². The van der Waals surface area contributed by atoms with Crippen LogP contribution in [-0.4, -0.2) is 42.7 Å². The van der Waals surface area contributed by atoms with E-state index in [0.717, 1.165) is 12.8 Å². The summed E-state index contributed by atoms with van der Waals surface area (Å²) in [6.45, 7) is 1.27. The molecule has 1 atom stereocenters. The molecule has 0 aliphatic carbocycles. The molecule has 1 aliphatic rings. The first kappa shape index (κ1) is 15.4. The highest BCUT2D eigenvalue weighted by atomic mass is 35.5. The van der Waals surface area contributed by atoms with Gasteiger partial charge in [-0.3, -0.25) is 4.79 Å². The number of methoxy groups -OCH3 is 1. The summed E-state index contributed by atoms with van der Waals surface area (Å²) >= 11 is 12.2. The molecule has 20 heavy (non-hydrogen) atoms. The molecule has 2 rings (SSSR count). The Morgan fingerprint density at radius 3 is 2.80 bits per heavy atom. The predicted molar refractivity (Wildman–Crippen MR) is 78.7 cm³/mol. The Labute approximate surface area is 128 Å². The summed E-state index contributed by atoms with van der Waals surface area (Å²) in [6.07, 6.45) is 1.80. The first-order chi connectivity index (χ1) is 9.58. The molecule has 1 heterocycles. The van der Waals surface area contributed by atoms with Crippen molar-refractivity contribution in [2.45, 2.75) is 12.8 Å². The number of carbonyl (C=O) groups is 1. The van der Waals surface area contributed by atoms with E-state index < -0.39 is 0 Å². The number of nitrogens with zero attached hydrogens (tertiary/aromatic N) is 1. The first-order valence-electron chi connectivity index (χ1n) is 6.50. The largest absolute Gasteiger partial charge is 0.494 e. The van der Waals surface area contributed by atoms with Crippen molar-refractivity contribution in [3.8, 4) is 5.75 Å². The Kier molecular flexibility index (Phi) is 5.13. The molecule has 1 aromatic rings. The van der Waals surface area contributed by atoms with E-state index in [4.69, 9.17) is 27.9 Å². The highest BCUT2D eigenvalue weighted by molar-refractivity contribution is 6.37. The summed E-state index contributed by atoms with van der Waals surface area (Å²) in [7, 11) is 1.46. The molecule has 6 heteroatoms. The maximum atomic E-state index is 12.6. The van der Waals surface area contributed by atoms with Crippen LogP contribution in [0.1, 0.15) is 23.2 Å². The lowest BCUT2D eigenvalue weighted by Crippen LogP contribution is -2.41. The Morgan fingerprint density at radius 2 is 2.15 bits per heavy atom. The van der Waals surface area contributed by atoms with Gasteiger partial charge >= 0.3 is 0 Å².